The monoisotopic (exact) mass is 506 g/mol. The number of benzene rings is 2. The number of anilines is 1. The Labute approximate surface area is 216 Å². The van der Waals surface area contributed by atoms with Gasteiger partial charge in [-0.25, -0.2) is 4.98 Å². The number of carbonyl (C=O) groups is 2. The molecule has 0 bridgehead atoms. The first-order valence-electron chi connectivity index (χ1n) is 11.6. The molecule has 2 aromatic carbocycles. The standard InChI is InChI=1S/C28H22N6O4/c1-16-24(28(37)33(3)38-16)18-9-7-17(8-10-18)20-12-23-25(31-22(13-29)15-34(23)14-20)27(36)32-21-6-4-5-19(11-21)26(35)30-2/h4-12,14-15H,1-3H3,(H,30,35)(H,32,36). The van der Waals surface area contributed by atoms with E-state index in [1.54, 1.807) is 61.1 Å². The highest BCUT2D eigenvalue weighted by Gasteiger charge is 2.18. The van der Waals surface area contributed by atoms with Crippen molar-refractivity contribution in [1.82, 2.24) is 19.4 Å². The van der Waals surface area contributed by atoms with Crippen molar-refractivity contribution in [2.45, 2.75) is 6.92 Å². The maximum absolute atomic E-state index is 13.2. The van der Waals surface area contributed by atoms with E-state index in [0.29, 0.717) is 28.1 Å². The van der Waals surface area contributed by atoms with E-state index < -0.39 is 5.91 Å². The highest BCUT2D eigenvalue weighted by atomic mass is 16.5. The van der Waals surface area contributed by atoms with Crippen molar-refractivity contribution in [3.8, 4) is 28.3 Å². The van der Waals surface area contributed by atoms with E-state index >= 15 is 0 Å². The minimum absolute atomic E-state index is 0.0646. The molecule has 0 atom stereocenters. The molecule has 0 spiro atoms. The van der Waals surface area contributed by atoms with Crippen LogP contribution >= 0.6 is 0 Å². The number of fused-ring (bicyclic) bond motifs is 1. The molecule has 188 valence electrons. The second kappa shape index (κ2) is 9.55. The highest BCUT2D eigenvalue weighted by molar-refractivity contribution is 6.08. The van der Waals surface area contributed by atoms with Gasteiger partial charge in [0.2, 0.25) is 0 Å². The fraction of sp³-hybridized carbons (Fsp3) is 0.107. The SMILES string of the molecule is CNC(=O)c1cccc(NC(=O)c2nc(C#N)cn3cc(-c4ccc(-c5c(C)on(C)c5=O)cc4)cc23)c1. The van der Waals surface area contributed by atoms with Gasteiger partial charge in [0.1, 0.15) is 11.8 Å². The summed E-state index contributed by atoms with van der Waals surface area (Å²) in [7, 11) is 3.09. The first kappa shape index (κ1) is 24.3. The summed E-state index contributed by atoms with van der Waals surface area (Å²) < 4.78 is 8.26. The lowest BCUT2D eigenvalue weighted by Crippen LogP contribution is -2.19. The van der Waals surface area contributed by atoms with Gasteiger partial charge >= 0.3 is 0 Å². The molecule has 0 fully saturated rings. The Balaban J connectivity index is 1.50. The number of amides is 2. The molecule has 10 heteroatoms. The zero-order chi connectivity index (χ0) is 27.0. The quantitative estimate of drug-likeness (QED) is 0.373. The van der Waals surface area contributed by atoms with E-state index in [2.05, 4.69) is 15.6 Å². The number of rotatable bonds is 5. The Morgan fingerprint density at radius 2 is 1.74 bits per heavy atom. The third-order valence-corrected chi connectivity index (χ3v) is 6.16. The number of nitrogens with zero attached hydrogens (tertiary/aromatic N) is 4. The zero-order valence-electron chi connectivity index (χ0n) is 20.8. The number of carbonyl (C=O) groups excluding carboxylic acids is 2. The van der Waals surface area contributed by atoms with E-state index in [0.717, 1.165) is 16.7 Å². The van der Waals surface area contributed by atoms with Crippen LogP contribution in [-0.2, 0) is 7.05 Å². The van der Waals surface area contributed by atoms with E-state index in [4.69, 9.17) is 4.52 Å². The Morgan fingerprint density at radius 1 is 1.00 bits per heavy atom. The lowest BCUT2D eigenvalue weighted by molar-refractivity contribution is 0.0961. The zero-order valence-corrected chi connectivity index (χ0v) is 20.8. The summed E-state index contributed by atoms with van der Waals surface area (Å²) in [6, 6.07) is 17.7. The molecule has 3 heterocycles. The van der Waals surface area contributed by atoms with Crippen LogP contribution in [0, 0.1) is 18.3 Å². The predicted molar refractivity (Wildman–Crippen MR) is 141 cm³/mol. The number of nitrogens with one attached hydrogen (secondary N) is 2. The maximum Gasteiger partial charge on any atom is 0.290 e. The van der Waals surface area contributed by atoms with E-state index in [1.165, 1.54) is 11.8 Å². The molecule has 3 aromatic heterocycles. The van der Waals surface area contributed by atoms with Crippen LogP contribution in [0.15, 0.2) is 76.3 Å². The third-order valence-electron chi connectivity index (χ3n) is 6.16. The molecule has 38 heavy (non-hydrogen) atoms. The minimum atomic E-state index is -0.521. The lowest BCUT2D eigenvalue weighted by atomic mass is 10.0. The van der Waals surface area contributed by atoms with Crippen molar-refractivity contribution in [2.24, 2.45) is 7.05 Å². The number of aromatic nitrogens is 3. The van der Waals surface area contributed by atoms with Crippen molar-refractivity contribution < 1.29 is 14.1 Å². The summed E-state index contributed by atoms with van der Waals surface area (Å²) >= 11 is 0. The highest BCUT2D eigenvalue weighted by Crippen LogP contribution is 2.28. The van der Waals surface area contributed by atoms with Crippen LogP contribution in [0.5, 0.6) is 0 Å². The fourth-order valence-corrected chi connectivity index (χ4v) is 4.32. The first-order chi connectivity index (χ1) is 18.3. The van der Waals surface area contributed by atoms with Crippen molar-refractivity contribution in [3.05, 3.63) is 100 Å². The van der Waals surface area contributed by atoms with Crippen LogP contribution in [0.25, 0.3) is 27.8 Å². The van der Waals surface area contributed by atoms with Crippen LogP contribution < -0.4 is 16.2 Å². The van der Waals surface area contributed by atoms with Gasteiger partial charge in [-0.15, -0.1) is 0 Å². The Morgan fingerprint density at radius 3 is 2.39 bits per heavy atom. The fourth-order valence-electron chi connectivity index (χ4n) is 4.32. The molecule has 2 N–H and O–H groups in total. The number of hydrogen-bond acceptors (Lipinski definition) is 6. The third kappa shape index (κ3) is 4.33. The molecule has 0 unspecified atom stereocenters. The van der Waals surface area contributed by atoms with Gasteiger partial charge in [0.15, 0.2) is 11.4 Å². The molecule has 0 aliphatic heterocycles. The lowest BCUT2D eigenvalue weighted by Gasteiger charge is -2.08. The summed E-state index contributed by atoms with van der Waals surface area (Å²) in [4.78, 5) is 41.8. The maximum atomic E-state index is 13.2. The van der Waals surface area contributed by atoms with Crippen molar-refractivity contribution in [1.29, 1.82) is 5.26 Å². The van der Waals surface area contributed by atoms with Crippen LogP contribution in [0.2, 0.25) is 0 Å². The predicted octanol–water partition coefficient (Wildman–Crippen LogP) is 3.75. The van der Waals surface area contributed by atoms with Gasteiger partial charge in [-0.05, 0) is 42.3 Å². The molecular weight excluding hydrogens is 484 g/mol. The van der Waals surface area contributed by atoms with Crippen LogP contribution in [0.4, 0.5) is 5.69 Å². The van der Waals surface area contributed by atoms with Crippen molar-refractivity contribution in [2.75, 3.05) is 12.4 Å². The van der Waals surface area contributed by atoms with Crippen LogP contribution in [0.1, 0.15) is 32.3 Å². The van der Waals surface area contributed by atoms with Gasteiger partial charge in [-0.1, -0.05) is 30.3 Å². The summed E-state index contributed by atoms with van der Waals surface area (Å²) in [5.74, 6) is -0.266. The molecule has 0 radical (unpaired) electrons. The molecule has 0 saturated carbocycles. The van der Waals surface area contributed by atoms with Crippen LogP contribution in [-0.4, -0.2) is 33.0 Å². The number of hydrogen-bond donors (Lipinski definition) is 2. The summed E-state index contributed by atoms with van der Waals surface area (Å²) in [6.45, 7) is 1.74. The molecule has 2 amide bonds. The smallest absolute Gasteiger partial charge is 0.290 e. The Hall–Kier alpha value is -5.43. The summed E-state index contributed by atoms with van der Waals surface area (Å²) in [5, 5.41) is 14.8. The van der Waals surface area contributed by atoms with Gasteiger partial charge in [0, 0.05) is 43.3 Å². The second-order valence-electron chi connectivity index (χ2n) is 8.62. The normalized spacial score (nSPS) is 10.8. The molecule has 0 aliphatic rings. The topological polar surface area (TPSA) is 134 Å². The number of aryl methyl sites for hydroxylation is 2. The molecule has 5 aromatic rings. The van der Waals surface area contributed by atoms with E-state index in [1.807, 2.05) is 30.3 Å². The molecule has 0 saturated heterocycles. The second-order valence-corrected chi connectivity index (χ2v) is 8.62. The van der Waals surface area contributed by atoms with Crippen molar-refractivity contribution in [3.63, 3.8) is 0 Å². The first-order valence-corrected chi connectivity index (χ1v) is 11.6. The Bertz CT molecular complexity index is 1820. The average Bonchev–Trinajstić information content (AvgIpc) is 3.47. The Kier molecular flexibility index (Phi) is 6.10. The van der Waals surface area contributed by atoms with Gasteiger partial charge in [-0.2, -0.15) is 10.0 Å². The van der Waals surface area contributed by atoms with Gasteiger partial charge < -0.3 is 19.6 Å². The summed E-state index contributed by atoms with van der Waals surface area (Å²) in [5.41, 5.74) is 4.12. The molecule has 10 nitrogen and oxygen atoms in total. The van der Waals surface area contributed by atoms with Gasteiger partial charge in [-0.3, -0.25) is 14.4 Å². The molecular formula is C28H22N6O4. The van der Waals surface area contributed by atoms with Crippen LogP contribution in [0.3, 0.4) is 0 Å². The average molecular weight is 507 g/mol. The largest absolute Gasteiger partial charge is 0.381 e. The molecule has 5 rings (SSSR count). The van der Waals surface area contributed by atoms with Gasteiger partial charge in [0.05, 0.1) is 11.1 Å². The minimum Gasteiger partial charge on any atom is -0.381 e. The molecule has 0 aliphatic carbocycles. The van der Waals surface area contributed by atoms with E-state index in [9.17, 15) is 19.6 Å². The van der Waals surface area contributed by atoms with Crippen molar-refractivity contribution >= 4 is 23.0 Å². The summed E-state index contributed by atoms with van der Waals surface area (Å²) in [6.07, 6.45) is 3.35. The van der Waals surface area contributed by atoms with Gasteiger partial charge in [0.25, 0.3) is 17.4 Å². The van der Waals surface area contributed by atoms with E-state index in [-0.39, 0.29) is 22.9 Å². The number of nitriles is 1.